The lowest BCUT2D eigenvalue weighted by Crippen LogP contribution is -2.28. The summed E-state index contributed by atoms with van der Waals surface area (Å²) in [6, 6.07) is 0. The second-order valence-corrected chi connectivity index (χ2v) is 5.31. The molecule has 0 bridgehead atoms. The molecule has 0 radical (unpaired) electrons. The van der Waals surface area contributed by atoms with Crippen LogP contribution in [0.15, 0.2) is 0 Å². The van der Waals surface area contributed by atoms with Gasteiger partial charge in [0.15, 0.2) is 0 Å². The number of hydrogen-bond donors (Lipinski definition) is 0. The molecule has 0 saturated carbocycles. The molecule has 12 heavy (non-hydrogen) atoms. The molecular weight excluding hydrogens is 178 g/mol. The summed E-state index contributed by atoms with van der Waals surface area (Å²) in [5.74, 6) is 0.296. The summed E-state index contributed by atoms with van der Waals surface area (Å²) in [6.45, 7) is 3.08. The largest absolute Gasteiger partial charge is 0.380 e. The Kier molecular flexibility index (Phi) is 2.75. The van der Waals surface area contributed by atoms with E-state index >= 15 is 0 Å². The zero-order chi connectivity index (χ0) is 9.35. The van der Waals surface area contributed by atoms with Gasteiger partial charge in [0, 0.05) is 20.2 Å². The third-order valence-electron chi connectivity index (χ3n) is 2.28. The minimum atomic E-state index is -3.03. The second kappa shape index (κ2) is 3.32. The first-order chi connectivity index (χ1) is 5.45. The number of nitrogens with zero attached hydrogens (tertiary/aromatic N) is 1. The van der Waals surface area contributed by atoms with Gasteiger partial charge < -0.3 is 4.74 Å². The molecule has 2 atom stereocenters. The zero-order valence-electron chi connectivity index (χ0n) is 7.65. The van der Waals surface area contributed by atoms with Crippen molar-refractivity contribution in [2.45, 2.75) is 13.0 Å². The van der Waals surface area contributed by atoms with Crippen molar-refractivity contribution < 1.29 is 13.2 Å². The van der Waals surface area contributed by atoms with Crippen molar-refractivity contribution in [1.82, 2.24) is 4.31 Å². The van der Waals surface area contributed by atoms with Crippen LogP contribution >= 0.6 is 0 Å². The molecule has 0 aromatic rings. The van der Waals surface area contributed by atoms with Crippen molar-refractivity contribution in [2.75, 3.05) is 26.5 Å². The normalized spacial score (nSPS) is 32.6. The molecule has 72 valence electrons. The van der Waals surface area contributed by atoms with Gasteiger partial charge >= 0.3 is 0 Å². The fourth-order valence-electron chi connectivity index (χ4n) is 1.47. The second-order valence-electron chi connectivity index (χ2n) is 3.33. The molecule has 1 heterocycles. The Labute approximate surface area is 73.6 Å². The molecule has 0 unspecified atom stereocenters. The zero-order valence-corrected chi connectivity index (χ0v) is 8.47. The standard InChI is InChI=1S/C7H15NO3S/c1-6-4-8(12(3,9)10)5-7(6)11-2/h6-7H,4-5H2,1-3H3/t6-,7+/m1/s1. The van der Waals surface area contributed by atoms with Crippen molar-refractivity contribution >= 4 is 10.0 Å². The molecule has 0 N–H and O–H groups in total. The minimum Gasteiger partial charge on any atom is -0.380 e. The monoisotopic (exact) mass is 193 g/mol. The molecule has 1 rings (SSSR count). The topological polar surface area (TPSA) is 46.6 Å². The van der Waals surface area contributed by atoms with Gasteiger partial charge in [-0.15, -0.1) is 0 Å². The Balaban J connectivity index is 2.67. The lowest BCUT2D eigenvalue weighted by atomic mass is 10.1. The Morgan fingerprint density at radius 3 is 2.25 bits per heavy atom. The Morgan fingerprint density at radius 2 is 2.00 bits per heavy atom. The first-order valence-corrected chi connectivity index (χ1v) is 5.78. The summed E-state index contributed by atoms with van der Waals surface area (Å²) in [4.78, 5) is 0. The smallest absolute Gasteiger partial charge is 0.211 e. The molecular formula is C7H15NO3S. The van der Waals surface area contributed by atoms with Crippen LogP contribution in [0.3, 0.4) is 0 Å². The lowest BCUT2D eigenvalue weighted by molar-refractivity contribution is 0.0870. The SMILES string of the molecule is CO[C@H]1CN(S(C)(=O)=O)C[C@H]1C. The highest BCUT2D eigenvalue weighted by Gasteiger charge is 2.34. The van der Waals surface area contributed by atoms with Gasteiger partial charge in [0.25, 0.3) is 0 Å². The van der Waals surface area contributed by atoms with Crippen LogP contribution in [0.5, 0.6) is 0 Å². The van der Waals surface area contributed by atoms with Gasteiger partial charge in [-0.05, 0) is 5.92 Å². The first-order valence-electron chi connectivity index (χ1n) is 3.93. The van der Waals surface area contributed by atoms with Crippen LogP contribution in [0.4, 0.5) is 0 Å². The minimum absolute atomic E-state index is 0.0553. The van der Waals surface area contributed by atoms with Crippen LogP contribution in [0, 0.1) is 5.92 Å². The Morgan fingerprint density at radius 1 is 1.42 bits per heavy atom. The van der Waals surface area contributed by atoms with Gasteiger partial charge in [0.1, 0.15) is 0 Å². The van der Waals surface area contributed by atoms with Crippen molar-refractivity contribution in [3.05, 3.63) is 0 Å². The summed E-state index contributed by atoms with van der Waals surface area (Å²) in [5.41, 5.74) is 0. The molecule has 1 aliphatic heterocycles. The maximum atomic E-state index is 11.1. The Hall–Kier alpha value is -0.130. The lowest BCUT2D eigenvalue weighted by Gasteiger charge is -2.11. The highest BCUT2D eigenvalue weighted by Crippen LogP contribution is 2.20. The average molecular weight is 193 g/mol. The third-order valence-corrected chi connectivity index (χ3v) is 3.52. The van der Waals surface area contributed by atoms with Gasteiger partial charge in [-0.3, -0.25) is 0 Å². The molecule has 0 aromatic heterocycles. The van der Waals surface area contributed by atoms with Crippen LogP contribution < -0.4 is 0 Å². The van der Waals surface area contributed by atoms with Crippen LogP contribution in [-0.4, -0.2) is 45.3 Å². The number of sulfonamides is 1. The molecule has 1 saturated heterocycles. The summed E-state index contributed by atoms with van der Waals surface area (Å²) in [5, 5.41) is 0. The fourth-order valence-corrected chi connectivity index (χ4v) is 2.40. The van der Waals surface area contributed by atoms with Gasteiger partial charge in [-0.2, -0.15) is 4.31 Å². The Bertz CT molecular complexity index is 249. The van der Waals surface area contributed by atoms with E-state index in [1.807, 2.05) is 6.92 Å². The number of ether oxygens (including phenoxy) is 1. The fraction of sp³-hybridized carbons (Fsp3) is 1.00. The van der Waals surface area contributed by atoms with E-state index in [-0.39, 0.29) is 6.10 Å². The summed E-state index contributed by atoms with van der Waals surface area (Å²) in [6.07, 6.45) is 1.29. The van der Waals surface area contributed by atoms with Gasteiger partial charge in [0.2, 0.25) is 10.0 Å². The molecule has 5 heteroatoms. The molecule has 1 fully saturated rings. The van der Waals surface area contributed by atoms with E-state index in [2.05, 4.69) is 0 Å². The first kappa shape index (κ1) is 9.95. The van der Waals surface area contributed by atoms with Crippen LogP contribution in [0.25, 0.3) is 0 Å². The van der Waals surface area contributed by atoms with Crippen molar-refractivity contribution in [3.63, 3.8) is 0 Å². The summed E-state index contributed by atoms with van der Waals surface area (Å²) >= 11 is 0. The van der Waals surface area contributed by atoms with E-state index in [0.717, 1.165) is 0 Å². The van der Waals surface area contributed by atoms with Crippen molar-refractivity contribution in [1.29, 1.82) is 0 Å². The molecule has 4 nitrogen and oxygen atoms in total. The van der Waals surface area contributed by atoms with E-state index in [4.69, 9.17) is 4.74 Å². The molecule has 0 amide bonds. The van der Waals surface area contributed by atoms with Crippen LogP contribution in [-0.2, 0) is 14.8 Å². The van der Waals surface area contributed by atoms with Crippen molar-refractivity contribution in [2.24, 2.45) is 5.92 Å². The predicted octanol–water partition coefficient (Wildman–Crippen LogP) is -0.0873. The van der Waals surface area contributed by atoms with Crippen molar-refractivity contribution in [3.8, 4) is 0 Å². The number of hydrogen-bond acceptors (Lipinski definition) is 3. The molecule has 0 aliphatic carbocycles. The van der Waals surface area contributed by atoms with Gasteiger partial charge in [-0.1, -0.05) is 6.92 Å². The van der Waals surface area contributed by atoms with E-state index in [1.165, 1.54) is 10.6 Å². The maximum absolute atomic E-state index is 11.1. The van der Waals surface area contributed by atoms with E-state index in [9.17, 15) is 8.42 Å². The quantitative estimate of drug-likeness (QED) is 0.616. The number of rotatable bonds is 2. The summed E-state index contributed by atoms with van der Waals surface area (Å²) < 4.78 is 28.8. The molecule has 0 spiro atoms. The van der Waals surface area contributed by atoms with Crippen LogP contribution in [0.2, 0.25) is 0 Å². The highest BCUT2D eigenvalue weighted by atomic mass is 32.2. The summed E-state index contributed by atoms with van der Waals surface area (Å²) in [7, 11) is -1.41. The third kappa shape index (κ3) is 1.97. The van der Waals surface area contributed by atoms with E-state index in [1.54, 1.807) is 7.11 Å². The molecule has 0 aromatic carbocycles. The average Bonchev–Trinajstić information content (AvgIpc) is 2.29. The van der Waals surface area contributed by atoms with E-state index < -0.39 is 10.0 Å². The maximum Gasteiger partial charge on any atom is 0.211 e. The van der Waals surface area contributed by atoms with Gasteiger partial charge in [-0.25, -0.2) is 8.42 Å². The van der Waals surface area contributed by atoms with Gasteiger partial charge in [0.05, 0.1) is 12.4 Å². The van der Waals surface area contributed by atoms with Crippen LogP contribution in [0.1, 0.15) is 6.92 Å². The number of methoxy groups -OCH3 is 1. The predicted molar refractivity (Wildman–Crippen MR) is 46.4 cm³/mol. The van der Waals surface area contributed by atoms with E-state index in [0.29, 0.717) is 19.0 Å². The highest BCUT2D eigenvalue weighted by molar-refractivity contribution is 7.88. The molecule has 1 aliphatic rings.